The molecule has 2 atom stereocenters. The minimum absolute atomic E-state index is 0.0960. The molecule has 0 bridgehead atoms. The van der Waals surface area contributed by atoms with Crippen molar-refractivity contribution in [3.8, 4) is 0 Å². The molecule has 0 aliphatic carbocycles. The van der Waals surface area contributed by atoms with Crippen molar-refractivity contribution in [1.29, 1.82) is 0 Å². The molecule has 0 aromatic heterocycles. The number of carbonyl (C=O) groups is 2. The van der Waals surface area contributed by atoms with Crippen LogP contribution < -0.4 is 4.90 Å². The number of carbonyl (C=O) groups excluding carboxylic acids is 2. The van der Waals surface area contributed by atoms with Gasteiger partial charge in [0.05, 0.1) is 5.69 Å². The highest BCUT2D eigenvalue weighted by atomic mass is 19.4. The first-order valence-corrected chi connectivity index (χ1v) is 10.1. The Kier molecular flexibility index (Phi) is 5.99. The minimum atomic E-state index is -5.14. The van der Waals surface area contributed by atoms with E-state index in [1.165, 1.54) is 36.4 Å². The second-order valence-electron chi connectivity index (χ2n) is 8.93. The number of hydrogen-bond acceptors (Lipinski definition) is 5. The quantitative estimate of drug-likeness (QED) is 0.468. The van der Waals surface area contributed by atoms with E-state index in [0.29, 0.717) is 10.5 Å². The Morgan fingerprint density at radius 2 is 1.76 bits per heavy atom. The lowest BCUT2D eigenvalue weighted by Gasteiger charge is -2.36. The Bertz CT molecular complexity index is 1100. The number of aryl methyl sites for hydroxylation is 1. The zero-order valence-electron chi connectivity index (χ0n) is 18.5. The van der Waals surface area contributed by atoms with E-state index in [1.807, 2.05) is 0 Å². The van der Waals surface area contributed by atoms with Gasteiger partial charge in [-0.25, -0.2) is 9.69 Å². The van der Waals surface area contributed by atoms with E-state index in [1.54, 1.807) is 39.8 Å². The van der Waals surface area contributed by atoms with Crippen molar-refractivity contribution in [3.05, 3.63) is 75.3 Å². The predicted molar refractivity (Wildman–Crippen MR) is 114 cm³/mol. The van der Waals surface area contributed by atoms with Gasteiger partial charge in [-0.1, -0.05) is 48.0 Å². The molecule has 1 aliphatic heterocycles. The lowest BCUT2D eigenvalue weighted by Crippen LogP contribution is -2.55. The van der Waals surface area contributed by atoms with Crippen molar-refractivity contribution in [2.75, 3.05) is 11.4 Å². The van der Waals surface area contributed by atoms with Gasteiger partial charge in [0.2, 0.25) is 6.54 Å². The number of alkyl halides is 3. The molecule has 2 amide bonds. The SMILES string of the molecule is Cc1ccc2c(c1)[C@](c1ccccc1)([C@H](C[N+](=O)[O-])C(F)(F)F)C(=O)N2C(=O)OC(C)(C)C. The fourth-order valence-corrected chi connectivity index (χ4v) is 4.20. The maximum absolute atomic E-state index is 14.4. The second kappa shape index (κ2) is 8.17. The largest absolute Gasteiger partial charge is 0.443 e. The van der Waals surface area contributed by atoms with Crippen molar-refractivity contribution < 1.29 is 32.4 Å². The summed E-state index contributed by atoms with van der Waals surface area (Å²) >= 11 is 0. The smallest absolute Gasteiger partial charge is 0.421 e. The van der Waals surface area contributed by atoms with Gasteiger partial charge < -0.3 is 4.74 Å². The number of amides is 2. The fraction of sp³-hybridized carbons (Fsp3) is 0.391. The second-order valence-corrected chi connectivity index (χ2v) is 8.93. The molecule has 0 fully saturated rings. The van der Waals surface area contributed by atoms with E-state index in [0.717, 1.165) is 0 Å². The first-order chi connectivity index (χ1) is 15.2. The number of fused-ring (bicyclic) bond motifs is 1. The summed E-state index contributed by atoms with van der Waals surface area (Å²) in [6.07, 6.45) is -6.29. The first-order valence-electron chi connectivity index (χ1n) is 10.1. The van der Waals surface area contributed by atoms with Gasteiger partial charge in [0.25, 0.3) is 5.91 Å². The van der Waals surface area contributed by atoms with Crippen molar-refractivity contribution in [1.82, 2.24) is 0 Å². The standard InChI is InChI=1S/C23H23F3N2O5/c1-14-10-11-17-16(12-14)22(15-8-6-5-7-9-15,18(13-27(31)32)23(24,25)26)19(29)28(17)20(30)33-21(2,3)4/h5-12,18H,13H2,1-4H3/t18-,22+/m0/s1. The molecular formula is C23H23F3N2O5. The maximum atomic E-state index is 14.4. The van der Waals surface area contributed by atoms with E-state index in [9.17, 15) is 32.9 Å². The topological polar surface area (TPSA) is 89.8 Å². The molecule has 176 valence electrons. The lowest BCUT2D eigenvalue weighted by atomic mass is 9.65. The Morgan fingerprint density at radius 1 is 1.15 bits per heavy atom. The zero-order valence-corrected chi connectivity index (χ0v) is 18.5. The number of hydrogen-bond donors (Lipinski definition) is 0. The number of nitrogens with zero attached hydrogens (tertiary/aromatic N) is 2. The highest BCUT2D eigenvalue weighted by Crippen LogP contribution is 2.55. The molecule has 2 aromatic rings. The summed E-state index contributed by atoms with van der Waals surface area (Å²) in [5.41, 5.74) is -3.39. The van der Waals surface area contributed by atoms with E-state index in [2.05, 4.69) is 0 Å². The average molecular weight is 464 g/mol. The lowest BCUT2D eigenvalue weighted by molar-refractivity contribution is -0.499. The Labute approximate surface area is 188 Å². The molecule has 3 rings (SSSR count). The number of nitro groups is 1. The Balaban J connectivity index is 2.41. The van der Waals surface area contributed by atoms with Crippen LogP contribution >= 0.6 is 0 Å². The summed E-state index contributed by atoms with van der Waals surface area (Å²) in [6, 6.07) is 11.3. The third kappa shape index (κ3) is 4.29. The van der Waals surface area contributed by atoms with Gasteiger partial charge in [0.1, 0.15) is 16.9 Å². The molecule has 0 saturated carbocycles. The molecule has 0 saturated heterocycles. The van der Waals surface area contributed by atoms with Gasteiger partial charge in [-0.15, -0.1) is 0 Å². The summed E-state index contributed by atoms with van der Waals surface area (Å²) < 4.78 is 48.6. The van der Waals surface area contributed by atoms with Crippen LogP contribution in [0.25, 0.3) is 0 Å². The number of rotatable bonds is 4. The Hall–Kier alpha value is -3.43. The van der Waals surface area contributed by atoms with Crippen LogP contribution in [0, 0.1) is 23.0 Å². The monoisotopic (exact) mass is 464 g/mol. The van der Waals surface area contributed by atoms with Gasteiger partial charge in [0, 0.05) is 4.92 Å². The Morgan fingerprint density at radius 3 is 2.27 bits per heavy atom. The summed E-state index contributed by atoms with van der Waals surface area (Å²) in [7, 11) is 0. The molecule has 7 nitrogen and oxygen atoms in total. The first kappa shape index (κ1) is 24.2. The van der Waals surface area contributed by atoms with Crippen LogP contribution in [0.3, 0.4) is 0 Å². The number of ether oxygens (including phenoxy) is 1. The van der Waals surface area contributed by atoms with Crippen LogP contribution in [0.1, 0.15) is 37.5 Å². The molecule has 10 heteroatoms. The minimum Gasteiger partial charge on any atom is -0.443 e. The fourth-order valence-electron chi connectivity index (χ4n) is 4.20. The average Bonchev–Trinajstić information content (AvgIpc) is 2.93. The van der Waals surface area contributed by atoms with Gasteiger partial charge in [-0.3, -0.25) is 14.9 Å². The zero-order chi connectivity index (χ0) is 24.8. The molecule has 0 radical (unpaired) electrons. The van der Waals surface area contributed by atoms with E-state index < -0.39 is 46.6 Å². The van der Waals surface area contributed by atoms with Crippen molar-refractivity contribution in [2.45, 2.75) is 44.9 Å². The van der Waals surface area contributed by atoms with Crippen molar-refractivity contribution >= 4 is 17.7 Å². The number of anilines is 1. The number of benzene rings is 2. The van der Waals surface area contributed by atoms with Crippen LogP contribution in [0.4, 0.5) is 23.7 Å². The van der Waals surface area contributed by atoms with E-state index in [4.69, 9.17) is 4.74 Å². The number of halogens is 3. The molecule has 1 aliphatic rings. The summed E-state index contributed by atoms with van der Waals surface area (Å²) in [6.45, 7) is 4.72. The molecule has 0 N–H and O–H groups in total. The normalized spacial score (nSPS) is 19.2. The van der Waals surface area contributed by atoms with Crippen LogP contribution in [0.15, 0.2) is 48.5 Å². The van der Waals surface area contributed by atoms with Crippen LogP contribution in [-0.4, -0.2) is 35.2 Å². The van der Waals surface area contributed by atoms with Gasteiger partial charge in [-0.05, 0) is 44.9 Å². The molecule has 0 unspecified atom stereocenters. The molecule has 2 aromatic carbocycles. The molecule has 1 heterocycles. The van der Waals surface area contributed by atoms with Crippen molar-refractivity contribution in [3.63, 3.8) is 0 Å². The summed E-state index contributed by atoms with van der Waals surface area (Å²) in [4.78, 5) is 37.7. The molecular weight excluding hydrogens is 441 g/mol. The maximum Gasteiger partial charge on any atom is 0.421 e. The van der Waals surface area contributed by atoms with Gasteiger partial charge in [0.15, 0.2) is 0 Å². The summed E-state index contributed by atoms with van der Waals surface area (Å²) in [5.74, 6) is -3.98. The van der Waals surface area contributed by atoms with Gasteiger partial charge >= 0.3 is 12.3 Å². The van der Waals surface area contributed by atoms with E-state index in [-0.39, 0.29) is 16.8 Å². The highest BCUT2D eigenvalue weighted by Gasteiger charge is 2.67. The number of imide groups is 1. The summed E-state index contributed by atoms with van der Waals surface area (Å²) in [5, 5.41) is 11.4. The van der Waals surface area contributed by atoms with Crippen LogP contribution in [0.2, 0.25) is 0 Å². The highest BCUT2D eigenvalue weighted by molar-refractivity contribution is 6.22. The predicted octanol–water partition coefficient (Wildman–Crippen LogP) is 5.02. The molecule has 33 heavy (non-hydrogen) atoms. The van der Waals surface area contributed by atoms with Gasteiger partial charge in [-0.2, -0.15) is 13.2 Å². The van der Waals surface area contributed by atoms with E-state index >= 15 is 0 Å². The molecule has 0 spiro atoms. The van der Waals surface area contributed by atoms with Crippen LogP contribution in [-0.2, 0) is 14.9 Å². The third-order valence-corrected chi connectivity index (χ3v) is 5.41. The third-order valence-electron chi connectivity index (χ3n) is 5.41. The van der Waals surface area contributed by atoms with Crippen LogP contribution in [0.5, 0.6) is 0 Å². The van der Waals surface area contributed by atoms with Crippen molar-refractivity contribution in [2.24, 2.45) is 5.92 Å².